The van der Waals surface area contributed by atoms with Gasteiger partial charge in [0.15, 0.2) is 6.29 Å². The molecule has 1 rings (SSSR count). The molecule has 1 aliphatic rings. The third-order valence-electron chi connectivity index (χ3n) is 11.0. The Morgan fingerprint density at radius 3 is 1.63 bits per heavy atom. The zero-order valence-corrected chi connectivity index (χ0v) is 39.5. The molecule has 0 aromatic rings. The molecule has 1 heterocycles. The molecule has 0 saturated carbocycles. The number of aliphatic hydroxyl groups is 3. The number of allylic oxidation sites excluding steroid dienone is 8. The second kappa shape index (κ2) is 40.6. The number of unbranched alkanes of at least 4 members (excludes halogenated alkanes) is 21. The van der Waals surface area contributed by atoms with Crippen LogP contribution in [0, 0.1) is 0 Å². The summed E-state index contributed by atoms with van der Waals surface area (Å²) in [5, 5.41) is 30.7. The van der Waals surface area contributed by atoms with E-state index >= 15 is 0 Å². The van der Waals surface area contributed by atoms with Crippen LogP contribution in [0.2, 0.25) is 0 Å². The number of hydrogen-bond acceptors (Lipinski definition) is 11. The van der Waals surface area contributed by atoms with Crippen molar-refractivity contribution in [2.45, 2.75) is 230 Å². The van der Waals surface area contributed by atoms with E-state index in [4.69, 9.17) is 23.5 Å². The van der Waals surface area contributed by atoms with Crippen LogP contribution in [-0.4, -0.2) is 97.5 Å². The van der Waals surface area contributed by atoms with Crippen LogP contribution in [0.5, 0.6) is 0 Å². The average Bonchev–Trinajstić information content (AvgIpc) is 3.24. The maximum Gasteiger partial charge on any atom is 0.397 e. The van der Waals surface area contributed by atoms with Crippen molar-refractivity contribution in [3.8, 4) is 0 Å². The largest absolute Gasteiger partial charge is 0.457 e. The summed E-state index contributed by atoms with van der Waals surface area (Å²) >= 11 is 0. The van der Waals surface area contributed by atoms with Crippen LogP contribution in [0.4, 0.5) is 0 Å². The zero-order chi connectivity index (χ0) is 45.4. The summed E-state index contributed by atoms with van der Waals surface area (Å²) in [6, 6.07) is 0. The van der Waals surface area contributed by atoms with Gasteiger partial charge in [0.2, 0.25) is 0 Å². The van der Waals surface area contributed by atoms with Gasteiger partial charge in [0.1, 0.15) is 30.5 Å². The molecule has 0 spiro atoms. The summed E-state index contributed by atoms with van der Waals surface area (Å²) in [6.07, 6.45) is 40.1. The zero-order valence-electron chi connectivity index (χ0n) is 38.7. The van der Waals surface area contributed by atoms with Crippen LogP contribution < -0.4 is 0 Å². The molecule has 1 aliphatic heterocycles. The molecule has 4 N–H and O–H groups in total. The Morgan fingerprint density at radius 2 is 1.11 bits per heavy atom. The molecule has 6 atom stereocenters. The van der Waals surface area contributed by atoms with Gasteiger partial charge in [0, 0.05) is 13.0 Å². The SMILES string of the molecule is CC/C=C\C/C=C\C/C=C\C/C=C\CCCCCCCCCCCCCCC(=O)OC(COCCCCCCCCCCCC)COC1OC(CO)C(O)C(OS(=O)(=O)O)C1O. The van der Waals surface area contributed by atoms with Gasteiger partial charge in [-0.15, -0.1) is 0 Å². The number of ether oxygens (including phenoxy) is 4. The standard InChI is InChI=1S/C49H88O12S/c1-3-5-7-9-11-13-15-16-17-18-19-20-21-22-23-24-25-26-27-28-29-30-32-34-36-38-45(51)59-43(41-57-39-37-35-33-31-14-12-10-8-6-4-2)42-58-49-47(53)48(61-62(54,55)56)46(52)44(40-50)60-49/h5,7,11,13,16-17,19-20,43-44,46-50,52-53H,3-4,6,8-10,12,14-15,18,21-42H2,1-2H3,(H,54,55,56)/b7-5-,13-11-,17-16-,20-19-. The third-order valence-corrected chi connectivity index (χ3v) is 11.4. The molecular weight excluding hydrogens is 813 g/mol. The minimum atomic E-state index is -5.06. The summed E-state index contributed by atoms with van der Waals surface area (Å²) in [5.41, 5.74) is 0. The Bertz CT molecular complexity index is 1270. The summed E-state index contributed by atoms with van der Waals surface area (Å²) in [6.45, 7) is 3.87. The topological polar surface area (TPSA) is 178 Å². The van der Waals surface area contributed by atoms with Crippen LogP contribution in [-0.2, 0) is 38.3 Å². The van der Waals surface area contributed by atoms with Gasteiger partial charge in [-0.2, -0.15) is 8.42 Å². The lowest BCUT2D eigenvalue weighted by Gasteiger charge is -2.41. The van der Waals surface area contributed by atoms with Crippen molar-refractivity contribution in [1.82, 2.24) is 0 Å². The maximum absolute atomic E-state index is 12.9. The summed E-state index contributed by atoms with van der Waals surface area (Å²) in [4.78, 5) is 12.9. The first-order valence-corrected chi connectivity index (χ1v) is 25.8. The first-order chi connectivity index (χ1) is 30.1. The number of aliphatic hydroxyl groups excluding tert-OH is 3. The molecular formula is C49H88O12S. The van der Waals surface area contributed by atoms with Crippen molar-refractivity contribution < 1.29 is 56.2 Å². The molecule has 0 aromatic heterocycles. The van der Waals surface area contributed by atoms with Gasteiger partial charge in [0.05, 0.1) is 19.8 Å². The van der Waals surface area contributed by atoms with Crippen LogP contribution in [0.1, 0.15) is 194 Å². The highest BCUT2D eigenvalue weighted by Crippen LogP contribution is 2.26. The predicted octanol–water partition coefficient (Wildman–Crippen LogP) is 10.7. The molecule has 0 bridgehead atoms. The van der Waals surface area contributed by atoms with Crippen molar-refractivity contribution in [2.24, 2.45) is 0 Å². The third kappa shape index (κ3) is 33.6. The molecule has 12 nitrogen and oxygen atoms in total. The highest BCUT2D eigenvalue weighted by atomic mass is 32.3. The van der Waals surface area contributed by atoms with E-state index in [9.17, 15) is 28.5 Å². The van der Waals surface area contributed by atoms with Crippen LogP contribution in [0.25, 0.3) is 0 Å². The summed E-state index contributed by atoms with van der Waals surface area (Å²) in [5.74, 6) is -0.402. The molecule has 0 aliphatic carbocycles. The first kappa shape index (κ1) is 58.1. The number of esters is 1. The lowest BCUT2D eigenvalue weighted by molar-refractivity contribution is -0.301. The summed E-state index contributed by atoms with van der Waals surface area (Å²) in [7, 11) is -5.06. The van der Waals surface area contributed by atoms with Gasteiger partial charge in [-0.3, -0.25) is 9.35 Å². The van der Waals surface area contributed by atoms with Crippen molar-refractivity contribution in [3.05, 3.63) is 48.6 Å². The van der Waals surface area contributed by atoms with E-state index in [1.54, 1.807) is 0 Å². The Kier molecular flexibility index (Phi) is 38.0. The van der Waals surface area contributed by atoms with Crippen molar-refractivity contribution in [1.29, 1.82) is 0 Å². The van der Waals surface area contributed by atoms with Gasteiger partial charge in [-0.25, -0.2) is 4.18 Å². The molecule has 1 fully saturated rings. The van der Waals surface area contributed by atoms with Gasteiger partial charge >= 0.3 is 16.4 Å². The highest BCUT2D eigenvalue weighted by Gasteiger charge is 2.48. The van der Waals surface area contributed by atoms with Crippen molar-refractivity contribution >= 4 is 16.4 Å². The number of hydrogen-bond donors (Lipinski definition) is 4. The van der Waals surface area contributed by atoms with Gasteiger partial charge in [-0.05, 0) is 51.4 Å². The Labute approximate surface area is 376 Å². The van der Waals surface area contributed by atoms with E-state index in [0.717, 1.165) is 64.2 Å². The van der Waals surface area contributed by atoms with Gasteiger partial charge in [0.25, 0.3) is 0 Å². The predicted molar refractivity (Wildman–Crippen MR) is 248 cm³/mol. The Morgan fingerprint density at radius 1 is 0.629 bits per heavy atom. The fourth-order valence-corrected chi connectivity index (χ4v) is 7.82. The Balaban J connectivity index is 2.30. The molecule has 62 heavy (non-hydrogen) atoms. The molecule has 0 aromatic carbocycles. The molecule has 13 heteroatoms. The molecule has 1 saturated heterocycles. The number of rotatable bonds is 42. The highest BCUT2D eigenvalue weighted by molar-refractivity contribution is 7.80. The summed E-state index contributed by atoms with van der Waals surface area (Å²) < 4.78 is 59.1. The fraction of sp³-hybridized carbons (Fsp3) is 0.816. The van der Waals surface area contributed by atoms with E-state index in [-0.39, 0.29) is 19.6 Å². The second-order valence-electron chi connectivity index (χ2n) is 16.7. The molecule has 6 unspecified atom stereocenters. The average molecular weight is 901 g/mol. The Hall–Kier alpha value is -1.94. The molecule has 362 valence electrons. The molecule has 0 radical (unpaired) electrons. The van der Waals surface area contributed by atoms with Gasteiger partial charge < -0.3 is 34.3 Å². The van der Waals surface area contributed by atoms with Crippen LogP contribution >= 0.6 is 0 Å². The fourth-order valence-electron chi connectivity index (χ4n) is 7.31. The van der Waals surface area contributed by atoms with Crippen molar-refractivity contribution in [2.75, 3.05) is 26.4 Å². The normalized spacial score (nSPS) is 20.4. The minimum Gasteiger partial charge on any atom is -0.457 e. The lowest BCUT2D eigenvalue weighted by atomic mass is 9.99. The van der Waals surface area contributed by atoms with E-state index in [2.05, 4.69) is 66.6 Å². The van der Waals surface area contributed by atoms with Crippen LogP contribution in [0.3, 0.4) is 0 Å². The lowest BCUT2D eigenvalue weighted by Crippen LogP contribution is -2.60. The smallest absolute Gasteiger partial charge is 0.397 e. The quantitative estimate of drug-likeness (QED) is 0.0198. The van der Waals surface area contributed by atoms with E-state index in [0.29, 0.717) is 13.0 Å². The maximum atomic E-state index is 12.9. The van der Waals surface area contributed by atoms with Crippen molar-refractivity contribution in [3.63, 3.8) is 0 Å². The first-order valence-electron chi connectivity index (χ1n) is 24.4. The van der Waals surface area contributed by atoms with Gasteiger partial charge in [-0.1, -0.05) is 184 Å². The minimum absolute atomic E-state index is 0.0367. The second-order valence-corrected chi connectivity index (χ2v) is 17.7. The monoisotopic (exact) mass is 901 g/mol. The number of carbonyl (C=O) groups is 1. The molecule has 0 amide bonds. The van der Waals surface area contributed by atoms with E-state index in [1.165, 1.54) is 103 Å². The van der Waals surface area contributed by atoms with Crippen LogP contribution in [0.15, 0.2) is 48.6 Å². The number of carbonyl (C=O) groups excluding carboxylic acids is 1. The van der Waals surface area contributed by atoms with E-state index < -0.39 is 59.8 Å². The van der Waals surface area contributed by atoms with E-state index in [1.807, 2.05) is 0 Å².